The van der Waals surface area contributed by atoms with Crippen molar-refractivity contribution in [1.29, 1.82) is 0 Å². The average Bonchev–Trinajstić information content (AvgIpc) is 3.35. The number of ether oxygens (including phenoxy) is 2. The van der Waals surface area contributed by atoms with E-state index in [0.29, 0.717) is 9.13 Å². The molecule has 0 amide bonds. The van der Waals surface area contributed by atoms with Crippen LogP contribution < -0.4 is 16.0 Å². The van der Waals surface area contributed by atoms with Crippen LogP contribution in [-0.2, 0) is 29.2 Å². The molecule has 220 valence electrons. The minimum atomic E-state index is -5.44. The van der Waals surface area contributed by atoms with Crippen LogP contribution in [0.4, 0.5) is 13.2 Å². The summed E-state index contributed by atoms with van der Waals surface area (Å²) in [7, 11) is -10.8. The fourth-order valence-corrected chi connectivity index (χ4v) is 5.35. The number of rotatable bonds is 9. The molecular weight excluding hydrogens is 601 g/mol. The lowest BCUT2D eigenvalue weighted by Crippen LogP contribution is -2.43. The summed E-state index contributed by atoms with van der Waals surface area (Å²) >= 11 is 0. The predicted octanol–water partition coefficient (Wildman–Crippen LogP) is -0.0564. The molecule has 40 heavy (non-hydrogen) atoms. The Morgan fingerprint density at radius 3 is 2.42 bits per heavy atom. The second-order valence-electron chi connectivity index (χ2n) is 8.12. The maximum atomic E-state index is 13.1. The summed E-state index contributed by atoms with van der Waals surface area (Å²) in [4.78, 5) is 52.3. The zero-order chi connectivity index (χ0) is 29.6. The zero-order valence-electron chi connectivity index (χ0n) is 19.4. The first kappa shape index (κ1) is 30.1. The van der Waals surface area contributed by atoms with Crippen molar-refractivity contribution in [1.82, 2.24) is 14.3 Å². The monoisotopic (exact) mass is 619 g/mol. The van der Waals surface area contributed by atoms with E-state index in [4.69, 9.17) is 19.0 Å². The van der Waals surface area contributed by atoms with Crippen LogP contribution in [0.2, 0.25) is 0 Å². The van der Waals surface area contributed by atoms with E-state index in [9.17, 15) is 47.0 Å². The normalized spacial score (nSPS) is 23.4. The number of alkyl halides is 3. The Balaban J connectivity index is 1.58. The minimum Gasteiger partial charge on any atom is -0.402 e. The molecule has 5 N–H and O–H groups in total. The number of nitrogens with zero attached hydrogens (tertiary/aromatic N) is 3. The van der Waals surface area contributed by atoms with Gasteiger partial charge in [-0.2, -0.15) is 4.31 Å². The van der Waals surface area contributed by atoms with Crippen molar-refractivity contribution in [2.75, 3.05) is 6.61 Å². The number of aromatic nitrogens is 3. The highest BCUT2D eigenvalue weighted by atomic mass is 31.3. The van der Waals surface area contributed by atoms with Gasteiger partial charge in [-0.25, -0.2) is 13.9 Å². The number of phosphoric ester groups is 1. The van der Waals surface area contributed by atoms with Crippen LogP contribution in [-0.4, -0.2) is 70.5 Å². The second-order valence-corrected chi connectivity index (χ2v) is 11.0. The molecule has 0 bridgehead atoms. The van der Waals surface area contributed by atoms with Gasteiger partial charge in [0.15, 0.2) is 12.0 Å². The minimum absolute atomic E-state index is 0.0146. The first-order valence-electron chi connectivity index (χ1n) is 10.7. The molecule has 3 aromatic rings. The lowest BCUT2D eigenvalue weighted by molar-refractivity contribution is -0.274. The van der Waals surface area contributed by atoms with E-state index in [0.717, 1.165) is 18.3 Å². The van der Waals surface area contributed by atoms with E-state index in [1.807, 2.05) is 0 Å². The molecule has 0 aliphatic carbocycles. The first-order valence-corrected chi connectivity index (χ1v) is 13.7. The Hall–Kier alpha value is -2.90. The first-order chi connectivity index (χ1) is 18.5. The van der Waals surface area contributed by atoms with Gasteiger partial charge in [-0.1, -0.05) is 11.2 Å². The van der Waals surface area contributed by atoms with Gasteiger partial charge in [0, 0.05) is 12.3 Å². The molecule has 1 fully saturated rings. The highest BCUT2D eigenvalue weighted by Crippen LogP contribution is 2.57. The number of aliphatic hydroxyl groups is 2. The third kappa shape index (κ3) is 6.69. The zero-order valence-corrected chi connectivity index (χ0v) is 21.2. The number of halogens is 3. The summed E-state index contributed by atoms with van der Waals surface area (Å²) in [5.41, 5.74) is -2.59. The number of benzene rings is 1. The molecule has 0 spiro atoms. The molecule has 5 atom stereocenters. The molecule has 1 saturated heterocycles. The van der Waals surface area contributed by atoms with Gasteiger partial charge in [0.2, 0.25) is 5.58 Å². The number of hydrogen-bond donors (Lipinski definition) is 5. The van der Waals surface area contributed by atoms with Gasteiger partial charge in [0.05, 0.1) is 18.5 Å². The summed E-state index contributed by atoms with van der Waals surface area (Å²) < 4.78 is 83.8. The Kier molecular flexibility index (Phi) is 8.14. The number of hydrogen-bond acceptors (Lipinski definition) is 12. The Morgan fingerprint density at radius 1 is 1.07 bits per heavy atom. The van der Waals surface area contributed by atoms with Crippen molar-refractivity contribution in [3.8, 4) is 5.75 Å². The second kappa shape index (κ2) is 10.8. The van der Waals surface area contributed by atoms with Gasteiger partial charge in [0.1, 0.15) is 24.0 Å². The average molecular weight is 619 g/mol. The predicted molar refractivity (Wildman–Crippen MR) is 120 cm³/mol. The summed E-state index contributed by atoms with van der Waals surface area (Å²) in [6.45, 7) is -1.66. The number of fused-ring (bicyclic) bond motifs is 1. The summed E-state index contributed by atoms with van der Waals surface area (Å²) in [5, 5.41) is 24.3. The lowest BCUT2D eigenvalue weighted by atomic mass is 10.1. The molecule has 1 aliphatic rings. The van der Waals surface area contributed by atoms with Gasteiger partial charge >= 0.3 is 27.7 Å². The molecule has 3 heterocycles. The van der Waals surface area contributed by atoms with Crippen molar-refractivity contribution < 1.29 is 70.0 Å². The lowest BCUT2D eigenvalue weighted by Gasteiger charge is -2.19. The third-order valence-electron chi connectivity index (χ3n) is 5.39. The molecular formula is C18H18F3N3O14P2. The Labute approximate surface area is 218 Å². The van der Waals surface area contributed by atoms with Crippen LogP contribution in [0.15, 0.2) is 44.6 Å². The largest absolute Gasteiger partial charge is 0.573 e. The molecule has 1 aliphatic heterocycles. The molecule has 2 aromatic heterocycles. The van der Waals surface area contributed by atoms with Crippen molar-refractivity contribution in [2.24, 2.45) is 0 Å². The smallest absolute Gasteiger partial charge is 0.402 e. The molecule has 17 nitrogen and oxygen atoms in total. The molecule has 4 rings (SSSR count). The van der Waals surface area contributed by atoms with Crippen LogP contribution in [0.1, 0.15) is 11.9 Å². The highest BCUT2D eigenvalue weighted by molar-refractivity contribution is 7.60. The van der Waals surface area contributed by atoms with Crippen LogP contribution in [0.3, 0.4) is 0 Å². The van der Waals surface area contributed by atoms with Crippen LogP contribution >= 0.6 is 15.6 Å². The topological polar surface area (TPSA) is 242 Å². The van der Waals surface area contributed by atoms with E-state index in [1.54, 1.807) is 0 Å². The molecule has 0 saturated carbocycles. The van der Waals surface area contributed by atoms with E-state index in [1.165, 1.54) is 12.1 Å². The summed E-state index contributed by atoms with van der Waals surface area (Å²) in [5.74, 6) is -0.718. The number of phosphoric acid groups is 2. The molecule has 0 radical (unpaired) electrons. The number of aliphatic hydroxyl groups excluding tert-OH is 2. The van der Waals surface area contributed by atoms with Crippen molar-refractivity contribution >= 4 is 26.6 Å². The van der Waals surface area contributed by atoms with Gasteiger partial charge in [0.25, 0.3) is 5.56 Å². The van der Waals surface area contributed by atoms with Gasteiger partial charge in [-0.05, 0) is 12.1 Å². The van der Waals surface area contributed by atoms with Gasteiger partial charge < -0.3 is 38.9 Å². The summed E-state index contributed by atoms with van der Waals surface area (Å²) in [6.07, 6.45) is -11.2. The third-order valence-corrected chi connectivity index (χ3v) is 7.54. The highest BCUT2D eigenvalue weighted by Gasteiger charge is 2.46. The summed E-state index contributed by atoms with van der Waals surface area (Å²) in [6, 6.07) is 4.32. The van der Waals surface area contributed by atoms with Crippen molar-refractivity contribution in [2.45, 2.75) is 37.4 Å². The van der Waals surface area contributed by atoms with E-state index >= 15 is 0 Å². The Morgan fingerprint density at radius 2 is 1.77 bits per heavy atom. The maximum Gasteiger partial charge on any atom is 0.573 e. The fraction of sp³-hybridized carbons (Fsp3) is 0.389. The van der Waals surface area contributed by atoms with E-state index in [2.05, 4.69) is 18.7 Å². The van der Waals surface area contributed by atoms with Crippen LogP contribution in [0.5, 0.6) is 5.75 Å². The molecule has 22 heteroatoms. The van der Waals surface area contributed by atoms with Gasteiger partial charge in [-0.15, -0.1) is 13.2 Å². The number of para-hydroxylation sites is 1. The van der Waals surface area contributed by atoms with Crippen molar-refractivity contribution in [3.63, 3.8) is 0 Å². The van der Waals surface area contributed by atoms with Gasteiger partial charge in [-0.3, -0.25) is 18.5 Å². The van der Waals surface area contributed by atoms with Crippen LogP contribution in [0, 0.1) is 0 Å². The van der Waals surface area contributed by atoms with Crippen molar-refractivity contribution in [3.05, 3.63) is 57.0 Å². The SMILES string of the molecule is O=c1ccn([C@@H]2O[C@H](COP(=O)(O)OP(=O)(O)O)[C@@H](O)[C@H]2O)c(=O)n1Cc1noc2c(OC(F)(F)F)cccc12. The quantitative estimate of drug-likeness (QED) is 0.197. The Bertz CT molecular complexity index is 1610. The van der Waals surface area contributed by atoms with Crippen LogP contribution in [0.25, 0.3) is 11.0 Å². The molecule has 1 aromatic carbocycles. The maximum absolute atomic E-state index is 13.1. The standard InChI is InChI=1S/C18H18F3N3O14P2/c19-18(20,21)36-10-3-1-2-8-9(22-37-15(8)10)6-24-12(25)4-5-23(17(24)28)16-14(27)13(26)11(35-16)7-34-40(32,33)38-39(29,30)31/h1-5,11,13-14,16,26-27H,6-7H2,(H,32,33)(H2,29,30,31)/t11-,13-,14-,16-/m1/s1. The van der Waals surface area contributed by atoms with E-state index in [-0.39, 0.29) is 11.1 Å². The van der Waals surface area contributed by atoms with E-state index < -0.39 is 82.3 Å². The fourth-order valence-electron chi connectivity index (χ4n) is 3.75. The molecule has 1 unspecified atom stereocenters.